The molecule has 1 aliphatic rings. The fraction of sp³-hybridized carbons (Fsp3) is 0.318. The lowest BCUT2D eigenvalue weighted by Gasteiger charge is -2.36. The minimum atomic E-state index is -0.647. The van der Waals surface area contributed by atoms with Gasteiger partial charge in [-0.2, -0.15) is 0 Å². The fourth-order valence-corrected chi connectivity index (χ4v) is 3.95. The maximum Gasteiger partial charge on any atom is 0.230 e. The summed E-state index contributed by atoms with van der Waals surface area (Å²) in [4.78, 5) is 16.4. The molecule has 0 radical (unpaired) electrons. The van der Waals surface area contributed by atoms with E-state index in [2.05, 4.69) is 16.4 Å². The monoisotopic (exact) mass is 366 g/mol. The summed E-state index contributed by atoms with van der Waals surface area (Å²) in [7, 11) is 0. The Hall–Kier alpha value is -2.66. The fourth-order valence-electron chi connectivity index (χ4n) is 3.95. The number of hydrogen-bond acceptors (Lipinski definition) is 2. The molecular weight excluding hydrogens is 343 g/mol. The lowest BCUT2D eigenvalue weighted by molar-refractivity contribution is -0.130. The number of aromatic nitrogens is 1. The van der Waals surface area contributed by atoms with Crippen molar-refractivity contribution in [2.45, 2.75) is 24.7 Å². The summed E-state index contributed by atoms with van der Waals surface area (Å²) < 4.78 is 18.8. The van der Waals surface area contributed by atoms with Crippen molar-refractivity contribution in [2.24, 2.45) is 0 Å². The number of H-pyrrole nitrogens is 1. The zero-order valence-electron chi connectivity index (χ0n) is 15.1. The highest BCUT2D eigenvalue weighted by atomic mass is 19.1. The zero-order chi connectivity index (χ0) is 18.7. The van der Waals surface area contributed by atoms with Crippen LogP contribution in [0.25, 0.3) is 10.9 Å². The molecule has 0 atom stereocenters. The molecule has 27 heavy (non-hydrogen) atoms. The topological polar surface area (TPSA) is 54.1 Å². The maximum absolute atomic E-state index is 13.3. The van der Waals surface area contributed by atoms with E-state index < -0.39 is 5.41 Å². The number of fused-ring (bicyclic) bond motifs is 1. The molecule has 3 aromatic rings. The normalized spacial score (nSPS) is 16.3. The van der Waals surface area contributed by atoms with E-state index in [4.69, 9.17) is 4.74 Å². The average molecular weight is 366 g/mol. The number of nitrogens with one attached hydrogen (secondary N) is 2. The standard InChI is InChI=1S/C22H23FN2O2/c23-18-7-5-17(6-8-18)22(10-13-27-14-11-22)21(26)24-12-9-16-15-25-20-4-2-1-3-19(16)20/h1-8,15,25H,9-14H2,(H,24,26). The van der Waals surface area contributed by atoms with Crippen LogP contribution in [0.2, 0.25) is 0 Å². The number of rotatable bonds is 5. The minimum absolute atomic E-state index is 0.00255. The Balaban J connectivity index is 1.48. The molecule has 0 saturated carbocycles. The predicted molar refractivity (Wildman–Crippen MR) is 103 cm³/mol. The molecule has 1 aromatic heterocycles. The Labute approximate surface area is 157 Å². The van der Waals surface area contributed by atoms with Gasteiger partial charge in [-0.05, 0) is 48.6 Å². The number of benzene rings is 2. The Morgan fingerprint density at radius 2 is 1.85 bits per heavy atom. The molecule has 2 N–H and O–H groups in total. The molecule has 0 spiro atoms. The smallest absolute Gasteiger partial charge is 0.230 e. The lowest BCUT2D eigenvalue weighted by atomic mass is 9.73. The summed E-state index contributed by atoms with van der Waals surface area (Å²) in [6.45, 7) is 1.63. The molecular formula is C22H23FN2O2. The first-order valence-electron chi connectivity index (χ1n) is 9.36. The highest BCUT2D eigenvalue weighted by molar-refractivity contribution is 5.88. The summed E-state index contributed by atoms with van der Waals surface area (Å²) in [6.07, 6.45) is 3.97. The Bertz CT molecular complexity index is 927. The van der Waals surface area contributed by atoms with Gasteiger partial charge < -0.3 is 15.0 Å². The molecule has 1 aliphatic heterocycles. The Morgan fingerprint density at radius 1 is 1.11 bits per heavy atom. The summed E-state index contributed by atoms with van der Waals surface area (Å²) >= 11 is 0. The van der Waals surface area contributed by atoms with Crippen LogP contribution in [0.4, 0.5) is 4.39 Å². The van der Waals surface area contributed by atoms with Crippen LogP contribution in [0, 0.1) is 5.82 Å². The first kappa shape index (κ1) is 17.7. The first-order chi connectivity index (χ1) is 13.2. The molecule has 140 valence electrons. The van der Waals surface area contributed by atoms with Crippen LogP contribution in [0.5, 0.6) is 0 Å². The highest BCUT2D eigenvalue weighted by Gasteiger charge is 2.41. The zero-order valence-corrected chi connectivity index (χ0v) is 15.1. The number of para-hydroxylation sites is 1. The van der Waals surface area contributed by atoms with E-state index in [1.165, 1.54) is 23.1 Å². The summed E-state index contributed by atoms with van der Waals surface area (Å²) in [5, 5.41) is 4.29. The van der Waals surface area contributed by atoms with Crippen LogP contribution in [0.3, 0.4) is 0 Å². The van der Waals surface area contributed by atoms with E-state index >= 15 is 0 Å². The first-order valence-corrected chi connectivity index (χ1v) is 9.36. The number of halogens is 1. The van der Waals surface area contributed by atoms with Crippen molar-refractivity contribution in [3.63, 3.8) is 0 Å². The summed E-state index contributed by atoms with van der Waals surface area (Å²) in [5.41, 5.74) is 2.50. The molecule has 4 nitrogen and oxygen atoms in total. The SMILES string of the molecule is O=C(NCCc1c[nH]c2ccccc12)C1(c2ccc(F)cc2)CCOCC1. The third kappa shape index (κ3) is 3.47. The van der Waals surface area contributed by atoms with Crippen molar-refractivity contribution < 1.29 is 13.9 Å². The molecule has 1 saturated heterocycles. The van der Waals surface area contributed by atoms with E-state index in [0.29, 0.717) is 32.6 Å². The van der Waals surface area contributed by atoms with Gasteiger partial charge in [0.05, 0.1) is 5.41 Å². The molecule has 5 heteroatoms. The van der Waals surface area contributed by atoms with Crippen molar-refractivity contribution in [2.75, 3.05) is 19.8 Å². The second kappa shape index (κ2) is 7.53. The van der Waals surface area contributed by atoms with E-state index in [1.807, 2.05) is 24.4 Å². The number of carbonyl (C=O) groups is 1. The van der Waals surface area contributed by atoms with Gasteiger partial charge in [-0.3, -0.25) is 4.79 Å². The van der Waals surface area contributed by atoms with Gasteiger partial charge in [-0.25, -0.2) is 4.39 Å². The van der Waals surface area contributed by atoms with Gasteiger partial charge in [0.15, 0.2) is 0 Å². The summed E-state index contributed by atoms with van der Waals surface area (Å²) in [5.74, 6) is -0.294. The number of carbonyl (C=O) groups excluding carboxylic acids is 1. The number of hydrogen-bond donors (Lipinski definition) is 2. The van der Waals surface area contributed by atoms with Gasteiger partial charge in [0.25, 0.3) is 0 Å². The molecule has 4 rings (SSSR count). The van der Waals surface area contributed by atoms with Crippen LogP contribution in [0.15, 0.2) is 54.7 Å². The lowest BCUT2D eigenvalue weighted by Crippen LogP contribution is -2.48. The van der Waals surface area contributed by atoms with Crippen LogP contribution in [-0.2, 0) is 21.4 Å². The maximum atomic E-state index is 13.3. The van der Waals surface area contributed by atoms with E-state index in [-0.39, 0.29) is 11.7 Å². The molecule has 0 unspecified atom stereocenters. The second-order valence-corrected chi connectivity index (χ2v) is 7.07. The Morgan fingerprint density at radius 3 is 2.63 bits per heavy atom. The largest absolute Gasteiger partial charge is 0.381 e. The highest BCUT2D eigenvalue weighted by Crippen LogP contribution is 2.35. The van der Waals surface area contributed by atoms with E-state index in [1.54, 1.807) is 12.1 Å². The predicted octanol–water partition coefficient (Wildman–Crippen LogP) is 3.71. The van der Waals surface area contributed by atoms with Crippen molar-refractivity contribution in [1.29, 1.82) is 0 Å². The quantitative estimate of drug-likeness (QED) is 0.723. The van der Waals surface area contributed by atoms with Crippen LogP contribution >= 0.6 is 0 Å². The van der Waals surface area contributed by atoms with E-state index in [0.717, 1.165) is 17.5 Å². The van der Waals surface area contributed by atoms with Gasteiger partial charge in [0.1, 0.15) is 5.82 Å². The van der Waals surface area contributed by atoms with Gasteiger partial charge >= 0.3 is 0 Å². The van der Waals surface area contributed by atoms with Crippen molar-refractivity contribution in [3.8, 4) is 0 Å². The van der Waals surface area contributed by atoms with Gasteiger partial charge in [0, 0.05) is 36.9 Å². The molecule has 0 aliphatic carbocycles. The van der Waals surface area contributed by atoms with Gasteiger partial charge in [0.2, 0.25) is 5.91 Å². The third-order valence-electron chi connectivity index (χ3n) is 5.53. The van der Waals surface area contributed by atoms with Crippen LogP contribution in [-0.4, -0.2) is 30.6 Å². The number of ether oxygens (including phenoxy) is 1. The van der Waals surface area contributed by atoms with Crippen LogP contribution < -0.4 is 5.32 Å². The number of amides is 1. The van der Waals surface area contributed by atoms with E-state index in [9.17, 15) is 9.18 Å². The van der Waals surface area contributed by atoms with Crippen LogP contribution in [0.1, 0.15) is 24.0 Å². The summed E-state index contributed by atoms with van der Waals surface area (Å²) in [6, 6.07) is 14.4. The second-order valence-electron chi connectivity index (χ2n) is 7.07. The molecule has 1 fully saturated rings. The molecule has 2 heterocycles. The molecule has 1 amide bonds. The van der Waals surface area contributed by atoms with Crippen molar-refractivity contribution in [1.82, 2.24) is 10.3 Å². The van der Waals surface area contributed by atoms with Gasteiger partial charge in [-0.1, -0.05) is 30.3 Å². The third-order valence-corrected chi connectivity index (χ3v) is 5.53. The van der Waals surface area contributed by atoms with Crippen molar-refractivity contribution >= 4 is 16.8 Å². The van der Waals surface area contributed by atoms with Crippen molar-refractivity contribution in [3.05, 3.63) is 71.7 Å². The average Bonchev–Trinajstić information content (AvgIpc) is 3.12. The minimum Gasteiger partial charge on any atom is -0.381 e. The molecule has 0 bridgehead atoms. The number of aromatic amines is 1. The van der Waals surface area contributed by atoms with Gasteiger partial charge in [-0.15, -0.1) is 0 Å². The Kier molecular flexibility index (Phi) is 4.94. The molecule has 2 aromatic carbocycles.